The summed E-state index contributed by atoms with van der Waals surface area (Å²) in [7, 11) is 3.19. The molecule has 1 aromatic carbocycles. The summed E-state index contributed by atoms with van der Waals surface area (Å²) in [6.45, 7) is 1.00. The van der Waals surface area contributed by atoms with E-state index in [0.717, 1.165) is 11.3 Å². The van der Waals surface area contributed by atoms with Gasteiger partial charge in [0.2, 0.25) is 0 Å². The van der Waals surface area contributed by atoms with Crippen molar-refractivity contribution in [2.75, 3.05) is 26.1 Å². The average Bonchev–Trinajstić information content (AvgIpc) is 2.78. The summed E-state index contributed by atoms with van der Waals surface area (Å²) in [5, 5.41) is 5.97. The third-order valence-electron chi connectivity index (χ3n) is 4.21. The number of aromatic nitrogens is 3. The lowest BCUT2D eigenvalue weighted by Crippen LogP contribution is -2.26. The molecule has 29 heavy (non-hydrogen) atoms. The molecule has 0 aliphatic heterocycles. The molecule has 0 unspecified atom stereocenters. The zero-order valence-electron chi connectivity index (χ0n) is 16.4. The standard InChI is InChI=1S/C21H23N5O3/c1-28-18-7-6-15(11-19(18)29-2)8-10-23-21(27)17-13-26-20(14-24-17)25-12-16-5-3-4-9-22-16/h3-7,9,11,13-14H,8,10,12H2,1-2H3,(H,23,27)(H,25,26). The van der Waals surface area contributed by atoms with Crippen molar-refractivity contribution >= 4 is 11.7 Å². The van der Waals surface area contributed by atoms with Gasteiger partial charge >= 0.3 is 0 Å². The Labute approximate surface area is 169 Å². The summed E-state index contributed by atoms with van der Waals surface area (Å²) < 4.78 is 10.5. The molecular formula is C21H23N5O3. The van der Waals surface area contributed by atoms with Crippen LogP contribution in [0.4, 0.5) is 5.82 Å². The molecule has 0 aliphatic carbocycles. The molecule has 1 amide bonds. The number of hydrogen-bond donors (Lipinski definition) is 2. The summed E-state index contributed by atoms with van der Waals surface area (Å²) in [4.78, 5) is 24.9. The molecule has 150 valence electrons. The van der Waals surface area contributed by atoms with Crippen LogP contribution in [-0.4, -0.2) is 41.6 Å². The molecule has 0 fully saturated rings. The van der Waals surface area contributed by atoms with Crippen molar-refractivity contribution in [3.8, 4) is 11.5 Å². The van der Waals surface area contributed by atoms with Crippen LogP contribution in [0.2, 0.25) is 0 Å². The highest BCUT2D eigenvalue weighted by atomic mass is 16.5. The fourth-order valence-electron chi connectivity index (χ4n) is 2.67. The Balaban J connectivity index is 1.48. The topological polar surface area (TPSA) is 98.3 Å². The maximum atomic E-state index is 12.3. The second kappa shape index (κ2) is 10.0. The van der Waals surface area contributed by atoms with Crippen LogP contribution >= 0.6 is 0 Å². The highest BCUT2D eigenvalue weighted by molar-refractivity contribution is 5.92. The van der Waals surface area contributed by atoms with E-state index in [2.05, 4.69) is 25.6 Å². The van der Waals surface area contributed by atoms with Crippen LogP contribution in [0.1, 0.15) is 21.7 Å². The van der Waals surface area contributed by atoms with Gasteiger partial charge in [-0.05, 0) is 36.2 Å². The Morgan fingerprint density at radius 1 is 1.00 bits per heavy atom. The van der Waals surface area contributed by atoms with Crippen LogP contribution in [0.25, 0.3) is 0 Å². The number of nitrogens with zero attached hydrogens (tertiary/aromatic N) is 3. The van der Waals surface area contributed by atoms with Crippen LogP contribution in [0, 0.1) is 0 Å². The first-order valence-electron chi connectivity index (χ1n) is 9.14. The zero-order chi connectivity index (χ0) is 20.5. The van der Waals surface area contributed by atoms with Gasteiger partial charge in [0.05, 0.1) is 38.9 Å². The number of nitrogens with one attached hydrogen (secondary N) is 2. The smallest absolute Gasteiger partial charge is 0.271 e. The molecule has 0 saturated heterocycles. The van der Waals surface area contributed by atoms with E-state index >= 15 is 0 Å². The molecule has 2 heterocycles. The Morgan fingerprint density at radius 3 is 2.55 bits per heavy atom. The molecular weight excluding hydrogens is 370 g/mol. The minimum absolute atomic E-state index is 0.265. The first-order valence-corrected chi connectivity index (χ1v) is 9.14. The monoisotopic (exact) mass is 393 g/mol. The number of anilines is 1. The number of pyridine rings is 1. The molecule has 3 aromatic rings. The van der Waals surface area contributed by atoms with Gasteiger partial charge in [0.25, 0.3) is 5.91 Å². The molecule has 0 atom stereocenters. The van der Waals surface area contributed by atoms with E-state index in [1.165, 1.54) is 12.4 Å². The molecule has 0 bridgehead atoms. The Hall–Kier alpha value is -3.68. The van der Waals surface area contributed by atoms with Gasteiger partial charge < -0.3 is 20.1 Å². The molecule has 0 aliphatic rings. The first-order chi connectivity index (χ1) is 14.2. The number of ether oxygens (including phenoxy) is 2. The highest BCUT2D eigenvalue weighted by Crippen LogP contribution is 2.27. The van der Waals surface area contributed by atoms with Crippen LogP contribution < -0.4 is 20.1 Å². The van der Waals surface area contributed by atoms with Crippen molar-refractivity contribution in [3.05, 3.63) is 71.9 Å². The number of carbonyl (C=O) groups excluding carboxylic acids is 1. The number of benzene rings is 1. The predicted molar refractivity (Wildman–Crippen MR) is 109 cm³/mol. The Kier molecular flexibility index (Phi) is 6.94. The second-order valence-electron chi connectivity index (χ2n) is 6.16. The van der Waals surface area contributed by atoms with Crippen molar-refractivity contribution in [1.29, 1.82) is 0 Å². The lowest BCUT2D eigenvalue weighted by Gasteiger charge is -2.10. The number of hydrogen-bond acceptors (Lipinski definition) is 7. The molecule has 3 rings (SSSR count). The van der Waals surface area contributed by atoms with E-state index < -0.39 is 0 Å². The zero-order valence-corrected chi connectivity index (χ0v) is 16.4. The quantitative estimate of drug-likeness (QED) is 0.576. The SMILES string of the molecule is COc1ccc(CCNC(=O)c2cnc(NCc3ccccn3)cn2)cc1OC. The van der Waals surface area contributed by atoms with Crippen molar-refractivity contribution < 1.29 is 14.3 Å². The number of rotatable bonds is 9. The summed E-state index contributed by atoms with van der Waals surface area (Å²) in [6, 6.07) is 11.4. The van der Waals surface area contributed by atoms with Crippen LogP contribution in [-0.2, 0) is 13.0 Å². The lowest BCUT2D eigenvalue weighted by molar-refractivity contribution is 0.0949. The average molecular weight is 393 g/mol. The van der Waals surface area contributed by atoms with Gasteiger partial charge in [-0.2, -0.15) is 0 Å². The van der Waals surface area contributed by atoms with Crippen molar-refractivity contribution in [2.24, 2.45) is 0 Å². The third kappa shape index (κ3) is 5.65. The van der Waals surface area contributed by atoms with E-state index in [-0.39, 0.29) is 11.6 Å². The molecule has 0 spiro atoms. The third-order valence-corrected chi connectivity index (χ3v) is 4.21. The number of methoxy groups -OCH3 is 2. The summed E-state index contributed by atoms with van der Waals surface area (Å²) in [6.07, 6.45) is 5.38. The van der Waals surface area contributed by atoms with E-state index in [4.69, 9.17) is 9.47 Å². The fourth-order valence-corrected chi connectivity index (χ4v) is 2.67. The lowest BCUT2D eigenvalue weighted by atomic mass is 10.1. The van der Waals surface area contributed by atoms with Crippen molar-refractivity contribution in [3.63, 3.8) is 0 Å². The summed E-state index contributed by atoms with van der Waals surface area (Å²) in [5.74, 6) is 1.65. The van der Waals surface area contributed by atoms with E-state index in [1.807, 2.05) is 36.4 Å². The summed E-state index contributed by atoms with van der Waals surface area (Å²) >= 11 is 0. The van der Waals surface area contributed by atoms with Crippen molar-refractivity contribution in [1.82, 2.24) is 20.3 Å². The van der Waals surface area contributed by atoms with Crippen LogP contribution in [0.3, 0.4) is 0 Å². The molecule has 2 N–H and O–H groups in total. The number of amides is 1. The largest absolute Gasteiger partial charge is 0.493 e. The molecule has 8 nitrogen and oxygen atoms in total. The summed E-state index contributed by atoms with van der Waals surface area (Å²) in [5.41, 5.74) is 2.19. The van der Waals surface area contributed by atoms with Gasteiger partial charge in [-0.3, -0.25) is 9.78 Å². The van der Waals surface area contributed by atoms with Gasteiger partial charge in [0.15, 0.2) is 11.5 Å². The Morgan fingerprint density at radius 2 is 1.86 bits per heavy atom. The molecule has 8 heteroatoms. The Bertz CT molecular complexity index is 933. The van der Waals surface area contributed by atoms with Crippen LogP contribution in [0.5, 0.6) is 11.5 Å². The van der Waals surface area contributed by atoms with Gasteiger partial charge in [0.1, 0.15) is 11.5 Å². The normalized spacial score (nSPS) is 10.3. The maximum absolute atomic E-state index is 12.3. The minimum atomic E-state index is -0.269. The van der Waals surface area contributed by atoms with E-state index in [1.54, 1.807) is 20.4 Å². The minimum Gasteiger partial charge on any atom is -0.493 e. The molecule has 2 aromatic heterocycles. The highest BCUT2D eigenvalue weighted by Gasteiger charge is 2.09. The van der Waals surface area contributed by atoms with E-state index in [0.29, 0.717) is 36.8 Å². The molecule has 0 saturated carbocycles. The van der Waals surface area contributed by atoms with Crippen molar-refractivity contribution in [2.45, 2.75) is 13.0 Å². The van der Waals surface area contributed by atoms with E-state index in [9.17, 15) is 4.79 Å². The van der Waals surface area contributed by atoms with Gasteiger partial charge in [-0.25, -0.2) is 9.97 Å². The van der Waals surface area contributed by atoms with Gasteiger partial charge in [-0.1, -0.05) is 12.1 Å². The predicted octanol–water partition coefficient (Wildman–Crippen LogP) is 2.47. The van der Waals surface area contributed by atoms with Gasteiger partial charge in [-0.15, -0.1) is 0 Å². The van der Waals surface area contributed by atoms with Gasteiger partial charge in [0, 0.05) is 12.7 Å². The van der Waals surface area contributed by atoms with Crippen LogP contribution in [0.15, 0.2) is 55.0 Å². The number of carbonyl (C=O) groups is 1. The molecule has 0 radical (unpaired) electrons. The fraction of sp³-hybridized carbons (Fsp3) is 0.238. The second-order valence-corrected chi connectivity index (χ2v) is 6.16. The maximum Gasteiger partial charge on any atom is 0.271 e. The first kappa shape index (κ1) is 20.1.